The van der Waals surface area contributed by atoms with E-state index in [-0.39, 0.29) is 37.0 Å². The van der Waals surface area contributed by atoms with Gasteiger partial charge in [0, 0.05) is 43.1 Å². The van der Waals surface area contributed by atoms with Gasteiger partial charge < -0.3 is 9.47 Å². The van der Waals surface area contributed by atoms with Crippen LogP contribution in [0.2, 0.25) is 0 Å². The molecule has 3 rings (SSSR count). The first-order valence-electron chi connectivity index (χ1n) is 9.53. The van der Waals surface area contributed by atoms with E-state index in [4.69, 9.17) is 9.47 Å². The van der Waals surface area contributed by atoms with Gasteiger partial charge in [0.1, 0.15) is 5.75 Å². The van der Waals surface area contributed by atoms with Crippen molar-refractivity contribution in [2.75, 3.05) is 14.2 Å². The van der Waals surface area contributed by atoms with Crippen molar-refractivity contribution in [1.82, 2.24) is 0 Å². The summed E-state index contributed by atoms with van der Waals surface area (Å²) in [5.41, 5.74) is 4.91. The molecule has 0 heterocycles. The van der Waals surface area contributed by atoms with Gasteiger partial charge >= 0.3 is 0 Å². The summed E-state index contributed by atoms with van der Waals surface area (Å²) < 4.78 is 11.5. The molecule has 0 aliphatic heterocycles. The molecule has 0 N–H and O–H groups in total. The molecule has 0 amide bonds. The zero-order chi connectivity index (χ0) is 20.0. The third-order valence-electron chi connectivity index (χ3n) is 5.21. The van der Waals surface area contributed by atoms with E-state index in [1.165, 1.54) is 27.6 Å². The van der Waals surface area contributed by atoms with E-state index in [1.54, 1.807) is 14.2 Å². The van der Waals surface area contributed by atoms with E-state index in [2.05, 4.69) is 84.0 Å². The van der Waals surface area contributed by atoms with Gasteiger partial charge in [0.05, 0.1) is 14.2 Å². The van der Waals surface area contributed by atoms with Crippen molar-refractivity contribution in [3.63, 3.8) is 0 Å². The first kappa shape index (κ1) is 22.8. The third kappa shape index (κ3) is 4.10. The fourth-order valence-corrected chi connectivity index (χ4v) is 3.76. The topological polar surface area (TPSA) is 18.5 Å². The van der Waals surface area contributed by atoms with Crippen LogP contribution in [0.1, 0.15) is 52.7 Å². The zero-order valence-corrected chi connectivity index (χ0v) is 20.8. The van der Waals surface area contributed by atoms with Crippen LogP contribution in [-0.4, -0.2) is 14.2 Å². The van der Waals surface area contributed by atoms with E-state index in [1.807, 2.05) is 0 Å². The van der Waals surface area contributed by atoms with E-state index in [0.717, 1.165) is 16.9 Å². The number of rotatable bonds is 3. The van der Waals surface area contributed by atoms with E-state index in [0.29, 0.717) is 0 Å². The number of benzene rings is 2. The van der Waals surface area contributed by atoms with Gasteiger partial charge in [-0.1, -0.05) is 59.2 Å². The third-order valence-corrected chi connectivity index (χ3v) is 5.21. The SMILES string of the molecule is COc1c(C(C)(C)C)cc(-c2ccc(OC)c3[cH-]ccc23)cc1C(C)(C)C.[Zr]. The van der Waals surface area contributed by atoms with Crippen molar-refractivity contribution in [2.24, 2.45) is 0 Å². The Hall–Kier alpha value is -1.47. The molecule has 3 aromatic carbocycles. The molecule has 0 radical (unpaired) electrons. The molecule has 0 bridgehead atoms. The maximum atomic E-state index is 5.91. The molecule has 0 aliphatic carbocycles. The number of hydrogen-bond acceptors (Lipinski definition) is 2. The van der Waals surface area contributed by atoms with Crippen molar-refractivity contribution in [2.45, 2.75) is 52.4 Å². The molecule has 0 aromatic heterocycles. The molecule has 3 aromatic rings. The summed E-state index contributed by atoms with van der Waals surface area (Å²) in [5, 5.41) is 2.37. The summed E-state index contributed by atoms with van der Waals surface area (Å²) >= 11 is 0. The van der Waals surface area contributed by atoms with Crippen LogP contribution in [0.4, 0.5) is 0 Å². The largest absolute Gasteiger partial charge is 0.539 e. The molecule has 2 nitrogen and oxygen atoms in total. The Labute approximate surface area is 188 Å². The second-order valence-electron chi connectivity index (χ2n) is 9.27. The van der Waals surface area contributed by atoms with E-state index >= 15 is 0 Å². The van der Waals surface area contributed by atoms with Gasteiger partial charge in [0.15, 0.2) is 0 Å². The molecule has 0 unspecified atom stereocenters. The summed E-state index contributed by atoms with van der Waals surface area (Å²) in [6.45, 7) is 13.5. The Morgan fingerprint density at radius 3 is 1.82 bits per heavy atom. The molecule has 148 valence electrons. The standard InChI is InChI=1S/C25H31O2.Zr/c1-24(2,3)20-14-16(15-21(23(20)27-8)25(4,5)6)17-12-13-22(26-7)19-11-9-10-18(17)19;/h9-15H,1-8H3;/q-1;. The van der Waals surface area contributed by atoms with Gasteiger partial charge in [-0.05, 0) is 28.5 Å². The molecule has 0 saturated carbocycles. The zero-order valence-electron chi connectivity index (χ0n) is 18.4. The second kappa shape index (κ2) is 8.11. The molecule has 3 heteroatoms. The molecular weight excluding hydrogens is 423 g/mol. The van der Waals surface area contributed by atoms with Crippen LogP contribution in [0.15, 0.2) is 42.5 Å². The molecular formula is C25H31O2Zr-. The molecule has 0 fully saturated rings. The van der Waals surface area contributed by atoms with Crippen LogP contribution in [0.5, 0.6) is 11.5 Å². The van der Waals surface area contributed by atoms with E-state index < -0.39 is 0 Å². The molecule has 0 atom stereocenters. The summed E-state index contributed by atoms with van der Waals surface area (Å²) in [6, 6.07) is 15.2. The quantitative estimate of drug-likeness (QED) is 0.404. The first-order valence-corrected chi connectivity index (χ1v) is 9.53. The van der Waals surface area contributed by atoms with Gasteiger partial charge in [0.25, 0.3) is 0 Å². The fourth-order valence-electron chi connectivity index (χ4n) is 3.76. The maximum Gasteiger partial charge on any atom is 0.126 e. The minimum absolute atomic E-state index is 0. The van der Waals surface area contributed by atoms with Gasteiger partial charge in [-0.2, -0.15) is 12.1 Å². The van der Waals surface area contributed by atoms with E-state index in [9.17, 15) is 0 Å². The smallest absolute Gasteiger partial charge is 0.126 e. The molecule has 0 saturated heterocycles. The van der Waals surface area contributed by atoms with Crippen LogP contribution >= 0.6 is 0 Å². The number of methoxy groups -OCH3 is 2. The first-order chi connectivity index (χ1) is 12.6. The normalized spacial score (nSPS) is 12.0. The minimum Gasteiger partial charge on any atom is -0.539 e. The maximum absolute atomic E-state index is 5.91. The van der Waals surface area contributed by atoms with Gasteiger partial charge in [-0.25, -0.2) is 0 Å². The predicted octanol–water partition coefficient (Wildman–Crippen LogP) is 6.84. The van der Waals surface area contributed by atoms with Crippen LogP contribution < -0.4 is 9.47 Å². The Morgan fingerprint density at radius 2 is 1.36 bits per heavy atom. The second-order valence-corrected chi connectivity index (χ2v) is 9.27. The number of ether oxygens (including phenoxy) is 2. The Kier molecular flexibility index (Phi) is 6.61. The van der Waals surface area contributed by atoms with Crippen molar-refractivity contribution in [3.05, 3.63) is 53.6 Å². The van der Waals surface area contributed by atoms with Gasteiger partial charge in [-0.3, -0.25) is 0 Å². The van der Waals surface area contributed by atoms with Crippen molar-refractivity contribution in [3.8, 4) is 22.6 Å². The average Bonchev–Trinajstić information content (AvgIpc) is 3.08. The molecule has 0 spiro atoms. The van der Waals surface area contributed by atoms with Crippen LogP contribution in [0.25, 0.3) is 21.9 Å². The van der Waals surface area contributed by atoms with Crippen molar-refractivity contribution in [1.29, 1.82) is 0 Å². The van der Waals surface area contributed by atoms with Crippen LogP contribution in [-0.2, 0) is 37.0 Å². The summed E-state index contributed by atoms with van der Waals surface area (Å²) in [6.07, 6.45) is 0. The average molecular weight is 455 g/mol. The summed E-state index contributed by atoms with van der Waals surface area (Å²) in [7, 11) is 3.51. The fraction of sp³-hybridized carbons (Fsp3) is 0.400. The summed E-state index contributed by atoms with van der Waals surface area (Å²) in [5.74, 6) is 1.92. The predicted molar refractivity (Wildman–Crippen MR) is 115 cm³/mol. The molecule has 28 heavy (non-hydrogen) atoms. The Balaban J connectivity index is 0.00000280. The van der Waals surface area contributed by atoms with Gasteiger partial charge in [-0.15, -0.1) is 16.8 Å². The van der Waals surface area contributed by atoms with Crippen LogP contribution in [0, 0.1) is 0 Å². The molecule has 0 aliphatic rings. The number of hydrogen-bond donors (Lipinski definition) is 0. The van der Waals surface area contributed by atoms with Crippen molar-refractivity contribution < 1.29 is 35.7 Å². The Morgan fingerprint density at radius 1 is 0.786 bits per heavy atom. The Bertz CT molecular complexity index is 933. The monoisotopic (exact) mass is 453 g/mol. The minimum atomic E-state index is -0.0149. The number of fused-ring (bicyclic) bond motifs is 1. The van der Waals surface area contributed by atoms with Gasteiger partial charge in [0.2, 0.25) is 0 Å². The summed E-state index contributed by atoms with van der Waals surface area (Å²) in [4.78, 5) is 0. The van der Waals surface area contributed by atoms with Crippen molar-refractivity contribution >= 4 is 10.8 Å². The van der Waals surface area contributed by atoms with Crippen LogP contribution in [0.3, 0.4) is 0 Å².